The number of hydrogen-bond acceptors (Lipinski definition) is 4. The quantitative estimate of drug-likeness (QED) is 0.586. The Morgan fingerprint density at radius 3 is 2.66 bits per heavy atom. The van der Waals surface area contributed by atoms with E-state index in [1.165, 1.54) is 12.8 Å². The number of hydrogen-bond donors (Lipinski definition) is 2. The Hall–Kier alpha value is -2.86. The molecule has 0 radical (unpaired) electrons. The van der Waals surface area contributed by atoms with Gasteiger partial charge in [0.1, 0.15) is 6.54 Å². The number of nitrogens with zero attached hydrogens (tertiary/aromatic N) is 3. The lowest BCUT2D eigenvalue weighted by molar-refractivity contribution is -0.134. The molecule has 1 aliphatic carbocycles. The summed E-state index contributed by atoms with van der Waals surface area (Å²) in [6.45, 7) is 3.40. The third-order valence-electron chi connectivity index (χ3n) is 5.65. The molecule has 3 aromatic rings. The highest BCUT2D eigenvalue weighted by atomic mass is 16.3. The van der Waals surface area contributed by atoms with Crippen LogP contribution in [0.15, 0.2) is 54.6 Å². The second-order valence-electron chi connectivity index (χ2n) is 7.75. The molecule has 1 amide bonds. The molecule has 1 unspecified atom stereocenters. The highest BCUT2D eigenvalue weighted by Crippen LogP contribution is 2.36. The Labute approximate surface area is 171 Å². The van der Waals surface area contributed by atoms with E-state index < -0.39 is 0 Å². The van der Waals surface area contributed by atoms with Gasteiger partial charge < -0.3 is 19.9 Å². The lowest BCUT2D eigenvalue weighted by Crippen LogP contribution is -2.41. The Bertz CT molecular complexity index is 965. The summed E-state index contributed by atoms with van der Waals surface area (Å²) in [5, 5.41) is 12.3. The van der Waals surface area contributed by atoms with Crippen molar-refractivity contribution in [2.75, 3.05) is 18.5 Å². The van der Waals surface area contributed by atoms with Gasteiger partial charge in [0.05, 0.1) is 17.6 Å². The third kappa shape index (κ3) is 4.43. The maximum absolute atomic E-state index is 13.5. The topological polar surface area (TPSA) is 70.4 Å². The highest BCUT2D eigenvalue weighted by molar-refractivity contribution is 5.83. The van der Waals surface area contributed by atoms with Crippen molar-refractivity contribution in [2.45, 2.75) is 38.9 Å². The summed E-state index contributed by atoms with van der Waals surface area (Å²) < 4.78 is 1.92. The Balaban J connectivity index is 1.61. The number of benzene rings is 2. The van der Waals surface area contributed by atoms with Gasteiger partial charge in [-0.25, -0.2) is 4.98 Å². The van der Waals surface area contributed by atoms with Gasteiger partial charge in [0.2, 0.25) is 11.9 Å². The fourth-order valence-corrected chi connectivity index (χ4v) is 3.84. The van der Waals surface area contributed by atoms with E-state index in [9.17, 15) is 9.90 Å². The fraction of sp³-hybridized carbons (Fsp3) is 0.391. The van der Waals surface area contributed by atoms with E-state index in [1.54, 1.807) is 0 Å². The number of carbonyl (C=O) groups excluding carboxylic acids is 1. The van der Waals surface area contributed by atoms with Gasteiger partial charge in [0.25, 0.3) is 0 Å². The molecular weight excluding hydrogens is 364 g/mol. The van der Waals surface area contributed by atoms with Gasteiger partial charge in [-0.1, -0.05) is 42.5 Å². The number of rotatable bonds is 9. The van der Waals surface area contributed by atoms with Crippen molar-refractivity contribution in [3.8, 4) is 0 Å². The second-order valence-corrected chi connectivity index (χ2v) is 7.75. The number of para-hydroxylation sites is 2. The molecule has 1 saturated carbocycles. The Morgan fingerprint density at radius 1 is 1.21 bits per heavy atom. The molecule has 29 heavy (non-hydrogen) atoms. The number of carbonyl (C=O) groups is 1. The molecule has 1 aliphatic rings. The normalized spacial score (nSPS) is 14.7. The monoisotopic (exact) mass is 392 g/mol. The van der Waals surface area contributed by atoms with Crippen LogP contribution >= 0.6 is 0 Å². The van der Waals surface area contributed by atoms with Gasteiger partial charge in [-0.05, 0) is 43.4 Å². The van der Waals surface area contributed by atoms with Crippen LogP contribution in [0.2, 0.25) is 0 Å². The number of aliphatic hydroxyl groups is 1. The number of fused-ring (bicyclic) bond motifs is 1. The van der Waals surface area contributed by atoms with E-state index in [2.05, 4.69) is 29.4 Å². The summed E-state index contributed by atoms with van der Waals surface area (Å²) >= 11 is 0. The van der Waals surface area contributed by atoms with E-state index in [-0.39, 0.29) is 25.1 Å². The minimum Gasteiger partial charge on any atom is -0.395 e. The molecule has 1 aromatic heterocycles. The van der Waals surface area contributed by atoms with Crippen LogP contribution in [0.3, 0.4) is 0 Å². The van der Waals surface area contributed by atoms with Gasteiger partial charge in [0.15, 0.2) is 0 Å². The Kier molecular flexibility index (Phi) is 5.81. The average molecular weight is 393 g/mol. The molecule has 0 aliphatic heterocycles. The SMILES string of the molecule is CC(C1CC1)N(Cc1ccccc1)C(=O)Cn1c(NCCO)nc2ccccc21. The number of amides is 1. The van der Waals surface area contributed by atoms with Crippen LogP contribution < -0.4 is 5.32 Å². The molecule has 0 saturated heterocycles. The summed E-state index contributed by atoms with van der Waals surface area (Å²) in [5.74, 6) is 1.30. The van der Waals surface area contributed by atoms with Crippen molar-refractivity contribution in [3.05, 3.63) is 60.2 Å². The van der Waals surface area contributed by atoms with Crippen LogP contribution in [0.1, 0.15) is 25.3 Å². The van der Waals surface area contributed by atoms with Gasteiger partial charge in [-0.2, -0.15) is 0 Å². The number of nitrogens with one attached hydrogen (secondary N) is 1. The maximum Gasteiger partial charge on any atom is 0.243 e. The fourth-order valence-electron chi connectivity index (χ4n) is 3.84. The van der Waals surface area contributed by atoms with Gasteiger partial charge >= 0.3 is 0 Å². The first-order chi connectivity index (χ1) is 14.2. The summed E-state index contributed by atoms with van der Waals surface area (Å²) in [6.07, 6.45) is 2.38. The number of aromatic nitrogens is 2. The average Bonchev–Trinajstić information content (AvgIpc) is 3.54. The van der Waals surface area contributed by atoms with E-state index in [1.807, 2.05) is 51.9 Å². The molecule has 4 rings (SSSR count). The van der Waals surface area contributed by atoms with Crippen molar-refractivity contribution < 1.29 is 9.90 Å². The zero-order valence-corrected chi connectivity index (χ0v) is 16.8. The largest absolute Gasteiger partial charge is 0.395 e. The third-order valence-corrected chi connectivity index (χ3v) is 5.65. The molecule has 152 valence electrons. The first-order valence-corrected chi connectivity index (χ1v) is 10.3. The number of imidazole rings is 1. The lowest BCUT2D eigenvalue weighted by Gasteiger charge is -2.30. The van der Waals surface area contributed by atoms with Crippen LogP contribution in [-0.2, 0) is 17.9 Å². The van der Waals surface area contributed by atoms with Crippen LogP contribution in [-0.4, -0.2) is 44.7 Å². The van der Waals surface area contributed by atoms with Crippen LogP contribution in [0, 0.1) is 5.92 Å². The van der Waals surface area contributed by atoms with Crippen molar-refractivity contribution in [1.29, 1.82) is 0 Å². The van der Waals surface area contributed by atoms with Crippen molar-refractivity contribution in [1.82, 2.24) is 14.5 Å². The molecule has 1 fully saturated rings. The van der Waals surface area contributed by atoms with Gasteiger partial charge in [-0.3, -0.25) is 4.79 Å². The Morgan fingerprint density at radius 2 is 1.93 bits per heavy atom. The molecule has 0 spiro atoms. The van der Waals surface area contributed by atoms with Crippen molar-refractivity contribution in [2.24, 2.45) is 5.92 Å². The van der Waals surface area contributed by atoms with E-state index in [4.69, 9.17) is 0 Å². The second kappa shape index (κ2) is 8.66. The maximum atomic E-state index is 13.5. The van der Waals surface area contributed by atoms with Crippen LogP contribution in [0.4, 0.5) is 5.95 Å². The minimum atomic E-state index is 0.00992. The van der Waals surface area contributed by atoms with E-state index >= 15 is 0 Å². The van der Waals surface area contributed by atoms with Gasteiger partial charge in [0, 0.05) is 19.1 Å². The van der Waals surface area contributed by atoms with Crippen molar-refractivity contribution >= 4 is 22.9 Å². The van der Waals surface area contributed by atoms with Crippen LogP contribution in [0.25, 0.3) is 11.0 Å². The smallest absolute Gasteiger partial charge is 0.243 e. The number of anilines is 1. The molecule has 6 heteroatoms. The predicted octanol–water partition coefficient (Wildman–Crippen LogP) is 3.27. The van der Waals surface area contributed by atoms with Crippen molar-refractivity contribution in [3.63, 3.8) is 0 Å². The number of aliphatic hydroxyl groups excluding tert-OH is 1. The minimum absolute atomic E-state index is 0.00992. The first kappa shape index (κ1) is 19.5. The molecule has 0 bridgehead atoms. The summed E-state index contributed by atoms with van der Waals surface area (Å²) in [5.41, 5.74) is 2.90. The van der Waals surface area contributed by atoms with E-state index in [0.29, 0.717) is 25.0 Å². The summed E-state index contributed by atoms with van der Waals surface area (Å²) in [7, 11) is 0. The molecule has 2 N–H and O–H groups in total. The highest BCUT2D eigenvalue weighted by Gasteiger charge is 2.34. The standard InChI is InChI=1S/C23H28N4O2/c1-17(19-11-12-19)26(15-18-7-3-2-4-8-18)22(29)16-27-21-10-6-5-9-20(21)25-23(27)24-13-14-28/h2-10,17,19,28H,11-16H2,1H3,(H,24,25). The molecule has 2 aromatic carbocycles. The molecule has 6 nitrogen and oxygen atoms in total. The van der Waals surface area contributed by atoms with Gasteiger partial charge in [-0.15, -0.1) is 0 Å². The summed E-state index contributed by atoms with van der Waals surface area (Å²) in [6, 6.07) is 18.2. The predicted molar refractivity (Wildman–Crippen MR) is 114 cm³/mol. The summed E-state index contributed by atoms with van der Waals surface area (Å²) in [4.78, 5) is 20.1. The molecule has 1 heterocycles. The zero-order valence-electron chi connectivity index (χ0n) is 16.8. The molecular formula is C23H28N4O2. The lowest BCUT2D eigenvalue weighted by atomic mass is 10.1. The van der Waals surface area contributed by atoms with E-state index in [0.717, 1.165) is 16.6 Å². The van der Waals surface area contributed by atoms with Crippen LogP contribution in [0.5, 0.6) is 0 Å². The molecule has 1 atom stereocenters. The first-order valence-electron chi connectivity index (χ1n) is 10.3. The zero-order chi connectivity index (χ0) is 20.2.